The van der Waals surface area contributed by atoms with Crippen LogP contribution >= 0.6 is 0 Å². The van der Waals surface area contributed by atoms with Gasteiger partial charge in [-0.15, -0.1) is 0 Å². The van der Waals surface area contributed by atoms with Gasteiger partial charge in [0.1, 0.15) is 17.2 Å². The number of furan rings is 2. The van der Waals surface area contributed by atoms with Crippen LogP contribution in [0.1, 0.15) is 29.9 Å². The zero-order valence-corrected chi connectivity index (χ0v) is 12.2. The van der Waals surface area contributed by atoms with Crippen LogP contribution in [0.2, 0.25) is 0 Å². The smallest absolute Gasteiger partial charge is 0.134 e. The van der Waals surface area contributed by atoms with Crippen molar-refractivity contribution >= 4 is 11.0 Å². The van der Waals surface area contributed by atoms with E-state index in [0.29, 0.717) is 0 Å². The second-order valence-electron chi connectivity index (χ2n) is 5.18. The highest BCUT2D eigenvalue weighted by molar-refractivity contribution is 5.82. The summed E-state index contributed by atoms with van der Waals surface area (Å²) >= 11 is 0. The Labute approximate surface area is 122 Å². The second kappa shape index (κ2) is 5.74. The number of aryl methyl sites for hydroxylation is 1. The third-order valence-electron chi connectivity index (χ3n) is 3.72. The molecule has 2 heterocycles. The molecule has 0 bridgehead atoms. The molecular weight excluding hydrogens is 269 g/mol. The number of hydrogen-bond donors (Lipinski definition) is 1. The summed E-state index contributed by atoms with van der Waals surface area (Å²) in [6.45, 7) is 4.85. The zero-order chi connectivity index (χ0) is 14.8. The fourth-order valence-corrected chi connectivity index (χ4v) is 2.69. The van der Waals surface area contributed by atoms with E-state index in [2.05, 4.69) is 12.2 Å². The number of benzene rings is 1. The first-order chi connectivity index (χ1) is 10.2. The fraction of sp³-hybridized carbons (Fsp3) is 0.294. The van der Waals surface area contributed by atoms with Crippen molar-refractivity contribution in [2.24, 2.45) is 0 Å². The van der Waals surface area contributed by atoms with Crippen LogP contribution < -0.4 is 5.32 Å². The molecule has 0 aliphatic heterocycles. The molecule has 0 spiro atoms. The van der Waals surface area contributed by atoms with Gasteiger partial charge in [0.15, 0.2) is 0 Å². The van der Waals surface area contributed by atoms with E-state index in [0.717, 1.165) is 40.8 Å². The minimum Gasteiger partial charge on any atom is -0.472 e. The highest BCUT2D eigenvalue weighted by atomic mass is 19.1. The van der Waals surface area contributed by atoms with Gasteiger partial charge in [0, 0.05) is 10.9 Å². The Morgan fingerprint density at radius 2 is 2.14 bits per heavy atom. The van der Waals surface area contributed by atoms with Crippen molar-refractivity contribution in [1.29, 1.82) is 0 Å². The number of rotatable bonds is 5. The zero-order valence-electron chi connectivity index (χ0n) is 12.2. The van der Waals surface area contributed by atoms with Gasteiger partial charge in [-0.1, -0.05) is 6.92 Å². The number of halogens is 1. The van der Waals surface area contributed by atoms with E-state index in [1.54, 1.807) is 18.6 Å². The summed E-state index contributed by atoms with van der Waals surface area (Å²) in [7, 11) is 0. The summed E-state index contributed by atoms with van der Waals surface area (Å²) in [4.78, 5) is 0. The van der Waals surface area contributed by atoms with E-state index in [9.17, 15) is 4.39 Å². The van der Waals surface area contributed by atoms with Gasteiger partial charge in [0.25, 0.3) is 0 Å². The molecule has 0 amide bonds. The summed E-state index contributed by atoms with van der Waals surface area (Å²) in [5.41, 5.74) is 2.81. The van der Waals surface area contributed by atoms with Gasteiger partial charge >= 0.3 is 0 Å². The van der Waals surface area contributed by atoms with Crippen LogP contribution in [0.5, 0.6) is 0 Å². The van der Waals surface area contributed by atoms with Gasteiger partial charge in [0.2, 0.25) is 0 Å². The van der Waals surface area contributed by atoms with Gasteiger partial charge in [-0.3, -0.25) is 0 Å². The van der Waals surface area contributed by atoms with Gasteiger partial charge < -0.3 is 14.2 Å². The summed E-state index contributed by atoms with van der Waals surface area (Å²) in [5.74, 6) is 0.617. The van der Waals surface area contributed by atoms with Gasteiger partial charge in [-0.2, -0.15) is 0 Å². The topological polar surface area (TPSA) is 38.3 Å². The van der Waals surface area contributed by atoms with Gasteiger partial charge in [-0.05, 0) is 49.7 Å². The molecule has 0 aliphatic carbocycles. The predicted octanol–water partition coefficient (Wildman–Crippen LogP) is 4.37. The highest BCUT2D eigenvalue weighted by Crippen LogP contribution is 2.31. The van der Waals surface area contributed by atoms with Crippen LogP contribution in [-0.4, -0.2) is 6.54 Å². The Kier molecular flexibility index (Phi) is 3.80. The van der Waals surface area contributed by atoms with Gasteiger partial charge in [0.05, 0.1) is 18.6 Å². The van der Waals surface area contributed by atoms with Gasteiger partial charge in [-0.25, -0.2) is 4.39 Å². The Balaban J connectivity index is 2.00. The maximum Gasteiger partial charge on any atom is 0.134 e. The molecule has 0 aliphatic rings. The van der Waals surface area contributed by atoms with Crippen molar-refractivity contribution < 1.29 is 13.2 Å². The number of fused-ring (bicyclic) bond motifs is 1. The van der Waals surface area contributed by atoms with E-state index in [4.69, 9.17) is 8.83 Å². The van der Waals surface area contributed by atoms with E-state index in [-0.39, 0.29) is 11.9 Å². The molecule has 0 radical (unpaired) electrons. The van der Waals surface area contributed by atoms with Crippen molar-refractivity contribution in [2.45, 2.75) is 26.3 Å². The van der Waals surface area contributed by atoms with Crippen LogP contribution in [0.15, 0.2) is 45.6 Å². The Hall–Kier alpha value is -2.07. The second-order valence-corrected chi connectivity index (χ2v) is 5.18. The maximum atomic E-state index is 13.4. The predicted molar refractivity (Wildman–Crippen MR) is 79.7 cm³/mol. The molecule has 1 N–H and O–H groups in total. The Morgan fingerprint density at radius 1 is 1.29 bits per heavy atom. The maximum absolute atomic E-state index is 13.4. The Morgan fingerprint density at radius 3 is 2.86 bits per heavy atom. The summed E-state index contributed by atoms with van der Waals surface area (Å²) in [6.07, 6.45) is 4.18. The molecule has 1 atom stereocenters. The van der Waals surface area contributed by atoms with E-state index >= 15 is 0 Å². The lowest BCUT2D eigenvalue weighted by Crippen LogP contribution is -2.23. The quantitative estimate of drug-likeness (QED) is 0.757. The summed E-state index contributed by atoms with van der Waals surface area (Å²) in [5, 5.41) is 4.26. The number of likely N-dealkylation sites (N-methyl/N-ethyl adjacent to an activating group) is 1. The van der Waals surface area contributed by atoms with Crippen LogP contribution in [0.3, 0.4) is 0 Å². The standard InChI is InChI=1S/C17H18FNO2/c1-3-19-15(8-12-6-7-20-10-12)17-11(2)14-9-13(18)4-5-16(14)21-17/h4-7,9-10,15,19H,3,8H2,1-2H3. The third kappa shape index (κ3) is 2.72. The van der Waals surface area contributed by atoms with Crippen molar-refractivity contribution in [1.82, 2.24) is 5.32 Å². The van der Waals surface area contributed by atoms with Crippen molar-refractivity contribution in [2.75, 3.05) is 6.54 Å². The summed E-state index contributed by atoms with van der Waals surface area (Å²) < 4.78 is 24.5. The highest BCUT2D eigenvalue weighted by Gasteiger charge is 2.20. The molecule has 21 heavy (non-hydrogen) atoms. The normalized spacial score (nSPS) is 12.9. The molecule has 4 heteroatoms. The van der Waals surface area contributed by atoms with Crippen molar-refractivity contribution in [3.8, 4) is 0 Å². The first kappa shape index (κ1) is 13.9. The lowest BCUT2D eigenvalue weighted by atomic mass is 10.0. The van der Waals surface area contributed by atoms with Crippen LogP contribution in [-0.2, 0) is 6.42 Å². The summed E-state index contributed by atoms with van der Waals surface area (Å²) in [6, 6.07) is 6.62. The first-order valence-electron chi connectivity index (χ1n) is 7.12. The fourth-order valence-electron chi connectivity index (χ4n) is 2.69. The third-order valence-corrected chi connectivity index (χ3v) is 3.72. The number of hydrogen-bond acceptors (Lipinski definition) is 3. The van der Waals surface area contributed by atoms with E-state index in [1.807, 2.05) is 13.0 Å². The molecule has 1 aromatic carbocycles. The lowest BCUT2D eigenvalue weighted by molar-refractivity contribution is 0.430. The molecule has 2 aromatic heterocycles. The molecule has 0 saturated heterocycles. The SMILES string of the molecule is CCNC(Cc1ccoc1)c1oc2ccc(F)cc2c1C. The molecule has 3 aromatic rings. The van der Waals surface area contributed by atoms with Crippen LogP contribution in [0.25, 0.3) is 11.0 Å². The van der Waals surface area contributed by atoms with E-state index < -0.39 is 0 Å². The average molecular weight is 287 g/mol. The first-order valence-corrected chi connectivity index (χ1v) is 7.12. The molecule has 3 nitrogen and oxygen atoms in total. The molecule has 1 unspecified atom stereocenters. The van der Waals surface area contributed by atoms with Crippen LogP contribution in [0.4, 0.5) is 4.39 Å². The lowest BCUT2D eigenvalue weighted by Gasteiger charge is -2.15. The molecular formula is C17H18FNO2. The number of nitrogens with one attached hydrogen (secondary N) is 1. The molecule has 0 saturated carbocycles. The molecule has 110 valence electrons. The largest absolute Gasteiger partial charge is 0.472 e. The molecule has 0 fully saturated rings. The minimum absolute atomic E-state index is 0.0445. The van der Waals surface area contributed by atoms with Crippen LogP contribution in [0, 0.1) is 12.7 Å². The average Bonchev–Trinajstić information content (AvgIpc) is 3.08. The Bertz CT molecular complexity index is 731. The monoisotopic (exact) mass is 287 g/mol. The van der Waals surface area contributed by atoms with Crippen molar-refractivity contribution in [3.63, 3.8) is 0 Å². The minimum atomic E-state index is -0.243. The van der Waals surface area contributed by atoms with E-state index in [1.165, 1.54) is 12.1 Å². The van der Waals surface area contributed by atoms with Crippen molar-refractivity contribution in [3.05, 3.63) is 59.5 Å². The molecule has 3 rings (SSSR count).